The number of ether oxygens (including phenoxy) is 2. The first-order valence-electron chi connectivity index (χ1n) is 6.75. The molecule has 0 aliphatic rings. The van der Waals surface area contributed by atoms with E-state index in [0.717, 1.165) is 0 Å². The van der Waals surface area contributed by atoms with Crippen molar-refractivity contribution in [3.05, 3.63) is 28.2 Å². The fourth-order valence-corrected chi connectivity index (χ4v) is 1.86. The highest BCUT2D eigenvalue weighted by Gasteiger charge is 2.10. The van der Waals surface area contributed by atoms with Crippen molar-refractivity contribution >= 4 is 41.5 Å². The van der Waals surface area contributed by atoms with Crippen LogP contribution in [0.1, 0.15) is 0 Å². The third-order valence-corrected chi connectivity index (χ3v) is 3.45. The Morgan fingerprint density at radius 2 is 2.13 bits per heavy atom. The van der Waals surface area contributed by atoms with E-state index in [1.165, 1.54) is 0 Å². The predicted octanol–water partition coefficient (Wildman–Crippen LogP) is 1.51. The maximum absolute atomic E-state index is 11.5. The average Bonchev–Trinajstić information content (AvgIpc) is 2.51. The zero-order valence-electron chi connectivity index (χ0n) is 12.7. The number of halogens is 3. The van der Waals surface area contributed by atoms with E-state index >= 15 is 0 Å². The summed E-state index contributed by atoms with van der Waals surface area (Å²) < 4.78 is 10.2. The Balaban J connectivity index is 0.00000484. The van der Waals surface area contributed by atoms with Gasteiger partial charge in [0.1, 0.15) is 23.5 Å². The first-order chi connectivity index (χ1) is 10.5. The lowest BCUT2D eigenvalue weighted by atomic mass is 10.3. The summed E-state index contributed by atoms with van der Waals surface area (Å²) in [6.07, 6.45) is -0.849. The number of aliphatic hydroxyl groups excluding tert-OH is 1. The monoisotopic (exact) mass is 386 g/mol. The number of amides is 1. The summed E-state index contributed by atoms with van der Waals surface area (Å²) in [6, 6.07) is 4.99. The molecule has 1 unspecified atom stereocenters. The molecule has 0 fully saturated rings. The molecule has 0 aliphatic heterocycles. The summed E-state index contributed by atoms with van der Waals surface area (Å²) in [5, 5.41) is 15.9. The van der Waals surface area contributed by atoms with Crippen LogP contribution < -0.4 is 15.4 Å². The van der Waals surface area contributed by atoms with Crippen molar-refractivity contribution in [3.8, 4) is 5.75 Å². The van der Waals surface area contributed by atoms with Gasteiger partial charge in [0.25, 0.3) is 0 Å². The van der Waals surface area contributed by atoms with E-state index in [4.69, 9.17) is 32.7 Å². The van der Waals surface area contributed by atoms with Gasteiger partial charge in [-0.2, -0.15) is 0 Å². The van der Waals surface area contributed by atoms with Crippen LogP contribution in [-0.4, -0.2) is 57.1 Å². The first-order valence-corrected chi connectivity index (χ1v) is 7.51. The van der Waals surface area contributed by atoms with Gasteiger partial charge in [0.15, 0.2) is 0 Å². The quantitative estimate of drug-likeness (QED) is 0.530. The summed E-state index contributed by atoms with van der Waals surface area (Å²) in [6.45, 7) is 1.37. The van der Waals surface area contributed by atoms with Crippen LogP contribution >= 0.6 is 35.6 Å². The van der Waals surface area contributed by atoms with E-state index in [2.05, 4.69) is 10.6 Å². The maximum Gasteiger partial charge on any atom is 0.234 e. The average molecular weight is 388 g/mol. The first kappa shape index (κ1) is 22.2. The molecule has 132 valence electrons. The Labute approximate surface area is 151 Å². The van der Waals surface area contributed by atoms with Crippen LogP contribution in [0.15, 0.2) is 18.2 Å². The van der Waals surface area contributed by atoms with E-state index < -0.39 is 6.10 Å². The van der Waals surface area contributed by atoms with Gasteiger partial charge in [0, 0.05) is 20.2 Å². The maximum atomic E-state index is 11.5. The van der Waals surface area contributed by atoms with Gasteiger partial charge in [-0.05, 0) is 12.1 Å². The summed E-state index contributed by atoms with van der Waals surface area (Å²) in [5.74, 6) is 0.178. The minimum absolute atomic E-state index is 0. The summed E-state index contributed by atoms with van der Waals surface area (Å²) in [7, 11) is 1.59. The number of nitrogens with one attached hydrogen (secondary N) is 2. The number of hydrogen-bond donors (Lipinski definition) is 3. The predicted molar refractivity (Wildman–Crippen MR) is 93.0 cm³/mol. The largest absolute Gasteiger partial charge is 0.489 e. The van der Waals surface area contributed by atoms with Gasteiger partial charge < -0.3 is 25.2 Å². The minimum atomic E-state index is -0.849. The zero-order valence-corrected chi connectivity index (χ0v) is 15.0. The van der Waals surface area contributed by atoms with Crippen LogP contribution in [0.5, 0.6) is 5.75 Å². The van der Waals surface area contributed by atoms with E-state index in [-0.39, 0.29) is 38.0 Å². The van der Waals surface area contributed by atoms with Crippen LogP contribution in [0.25, 0.3) is 0 Å². The van der Waals surface area contributed by atoms with Gasteiger partial charge in [-0.3, -0.25) is 4.79 Å². The SMILES string of the molecule is COCCNCC(=O)NCC(O)COc1cccc(Cl)c1Cl.Cl. The molecule has 1 aromatic carbocycles. The number of benzene rings is 1. The Bertz CT molecular complexity index is 477. The molecule has 3 N–H and O–H groups in total. The van der Waals surface area contributed by atoms with Crippen LogP contribution in [0.4, 0.5) is 0 Å². The van der Waals surface area contributed by atoms with Gasteiger partial charge in [-0.1, -0.05) is 29.3 Å². The molecule has 0 radical (unpaired) electrons. The number of carbonyl (C=O) groups excluding carboxylic acids is 1. The van der Waals surface area contributed by atoms with Crippen LogP contribution in [0.3, 0.4) is 0 Å². The van der Waals surface area contributed by atoms with E-state index in [0.29, 0.717) is 28.9 Å². The molecule has 9 heteroatoms. The molecular formula is C14H21Cl3N2O4. The third kappa shape index (κ3) is 9.20. The van der Waals surface area contributed by atoms with E-state index in [1.807, 2.05) is 0 Å². The minimum Gasteiger partial charge on any atom is -0.489 e. The van der Waals surface area contributed by atoms with Crippen molar-refractivity contribution in [1.29, 1.82) is 0 Å². The molecule has 0 aliphatic carbocycles. The van der Waals surface area contributed by atoms with Crippen molar-refractivity contribution in [2.45, 2.75) is 6.10 Å². The Morgan fingerprint density at radius 3 is 2.83 bits per heavy atom. The zero-order chi connectivity index (χ0) is 16.4. The van der Waals surface area contributed by atoms with Crippen molar-refractivity contribution in [3.63, 3.8) is 0 Å². The Kier molecular flexibility index (Phi) is 12.2. The molecule has 1 aromatic rings. The second-order valence-electron chi connectivity index (χ2n) is 4.49. The number of rotatable bonds is 10. The number of hydrogen-bond acceptors (Lipinski definition) is 5. The van der Waals surface area contributed by atoms with E-state index in [1.54, 1.807) is 25.3 Å². The smallest absolute Gasteiger partial charge is 0.234 e. The molecule has 0 heterocycles. The van der Waals surface area contributed by atoms with Crippen molar-refractivity contribution in [2.24, 2.45) is 0 Å². The second kappa shape index (κ2) is 12.6. The highest BCUT2D eigenvalue weighted by molar-refractivity contribution is 6.42. The van der Waals surface area contributed by atoms with Gasteiger partial charge in [0.2, 0.25) is 5.91 Å². The van der Waals surface area contributed by atoms with Crippen molar-refractivity contribution in [2.75, 3.05) is 40.0 Å². The Morgan fingerprint density at radius 1 is 1.39 bits per heavy atom. The molecule has 0 saturated carbocycles. The molecule has 1 amide bonds. The molecule has 0 aromatic heterocycles. The molecule has 6 nitrogen and oxygen atoms in total. The second-order valence-corrected chi connectivity index (χ2v) is 5.28. The molecule has 23 heavy (non-hydrogen) atoms. The Hall–Kier alpha value is -0.760. The topological polar surface area (TPSA) is 79.8 Å². The highest BCUT2D eigenvalue weighted by Crippen LogP contribution is 2.31. The summed E-state index contributed by atoms with van der Waals surface area (Å²) >= 11 is 11.8. The number of aliphatic hydroxyl groups is 1. The van der Waals surface area contributed by atoms with Gasteiger partial charge in [-0.25, -0.2) is 0 Å². The van der Waals surface area contributed by atoms with Gasteiger partial charge >= 0.3 is 0 Å². The summed E-state index contributed by atoms with van der Waals surface area (Å²) in [4.78, 5) is 11.5. The van der Waals surface area contributed by atoms with E-state index in [9.17, 15) is 9.90 Å². The molecule has 1 rings (SSSR count). The fraction of sp³-hybridized carbons (Fsp3) is 0.500. The van der Waals surface area contributed by atoms with Gasteiger partial charge in [0.05, 0.1) is 18.2 Å². The molecule has 1 atom stereocenters. The molecular weight excluding hydrogens is 367 g/mol. The molecule has 0 saturated heterocycles. The summed E-state index contributed by atoms with van der Waals surface area (Å²) in [5.41, 5.74) is 0. The third-order valence-electron chi connectivity index (χ3n) is 2.65. The van der Waals surface area contributed by atoms with Crippen molar-refractivity contribution in [1.82, 2.24) is 10.6 Å². The molecule has 0 spiro atoms. The fourth-order valence-electron chi connectivity index (χ4n) is 1.51. The lowest BCUT2D eigenvalue weighted by Crippen LogP contribution is -2.40. The number of carbonyl (C=O) groups is 1. The lowest BCUT2D eigenvalue weighted by molar-refractivity contribution is -0.120. The van der Waals surface area contributed by atoms with Gasteiger partial charge in [-0.15, -0.1) is 12.4 Å². The lowest BCUT2D eigenvalue weighted by Gasteiger charge is -2.14. The van der Waals surface area contributed by atoms with Crippen LogP contribution in [0.2, 0.25) is 10.0 Å². The standard InChI is InChI=1S/C14H20Cl2N2O4.ClH/c1-21-6-5-17-8-13(20)18-7-10(19)9-22-12-4-2-3-11(15)14(12)16;/h2-4,10,17,19H,5-9H2,1H3,(H,18,20);1H. The van der Waals surface area contributed by atoms with Crippen LogP contribution in [0, 0.1) is 0 Å². The number of methoxy groups -OCH3 is 1. The highest BCUT2D eigenvalue weighted by atomic mass is 35.5. The normalized spacial score (nSPS) is 11.5. The molecule has 0 bridgehead atoms. The van der Waals surface area contributed by atoms with Crippen LogP contribution in [-0.2, 0) is 9.53 Å². The van der Waals surface area contributed by atoms with Crippen molar-refractivity contribution < 1.29 is 19.4 Å².